The van der Waals surface area contributed by atoms with Crippen molar-refractivity contribution in [1.82, 2.24) is 18.8 Å². The van der Waals surface area contributed by atoms with Gasteiger partial charge in [-0.25, -0.2) is 17.9 Å². The minimum absolute atomic E-state index is 0.0677. The summed E-state index contributed by atoms with van der Waals surface area (Å²) in [5.74, 6) is -0.290. The summed E-state index contributed by atoms with van der Waals surface area (Å²) in [5, 5.41) is 0.0722. The number of nitrogens with one attached hydrogen (secondary N) is 1. The van der Waals surface area contributed by atoms with E-state index in [1.165, 1.54) is 29.8 Å². The number of likely N-dealkylation sites (tertiary alicyclic amines) is 1. The minimum atomic E-state index is -3.80. The van der Waals surface area contributed by atoms with Gasteiger partial charge in [0.2, 0.25) is 15.9 Å². The summed E-state index contributed by atoms with van der Waals surface area (Å²) in [7, 11) is -2.31. The monoisotopic (exact) mass is 408 g/mol. The van der Waals surface area contributed by atoms with Gasteiger partial charge in [0.05, 0.1) is 15.8 Å². The van der Waals surface area contributed by atoms with E-state index in [1.807, 2.05) is 0 Å². The van der Waals surface area contributed by atoms with E-state index in [0.29, 0.717) is 18.6 Å². The molecule has 1 saturated heterocycles. The molecule has 0 unspecified atom stereocenters. The SMILES string of the molecule is CC(C)NS(=O)(=O)c1ccc2c(c1)c(=O)n(CC(=O)N1CCCC1)c(=O)n2C. The number of benzene rings is 1. The summed E-state index contributed by atoms with van der Waals surface area (Å²) in [4.78, 5) is 39.5. The van der Waals surface area contributed by atoms with Crippen LogP contribution < -0.4 is 16.0 Å². The largest absolute Gasteiger partial charge is 0.341 e. The first kappa shape index (κ1) is 20.3. The molecule has 1 aliphatic rings. The van der Waals surface area contributed by atoms with Gasteiger partial charge in [-0.1, -0.05) is 0 Å². The lowest BCUT2D eigenvalue weighted by Crippen LogP contribution is -2.43. The molecule has 0 spiro atoms. The Balaban J connectivity index is 2.12. The molecular formula is C18H24N4O5S. The van der Waals surface area contributed by atoms with E-state index in [-0.39, 0.29) is 28.8 Å². The number of nitrogens with zero attached hydrogens (tertiary/aromatic N) is 3. The lowest BCUT2D eigenvalue weighted by atomic mass is 10.2. The fourth-order valence-electron chi connectivity index (χ4n) is 3.38. The highest BCUT2D eigenvalue weighted by Crippen LogP contribution is 2.16. The van der Waals surface area contributed by atoms with Crippen molar-refractivity contribution < 1.29 is 13.2 Å². The third-order valence-corrected chi connectivity index (χ3v) is 6.43. The van der Waals surface area contributed by atoms with Crippen molar-refractivity contribution >= 4 is 26.8 Å². The molecule has 28 heavy (non-hydrogen) atoms. The van der Waals surface area contributed by atoms with E-state index in [9.17, 15) is 22.8 Å². The van der Waals surface area contributed by atoms with Crippen LogP contribution in [0.5, 0.6) is 0 Å². The number of carbonyl (C=O) groups is 1. The normalized spacial score (nSPS) is 14.9. The fraction of sp³-hybridized carbons (Fsp3) is 0.500. The number of sulfonamides is 1. The molecule has 1 aliphatic heterocycles. The molecule has 1 aromatic heterocycles. The van der Waals surface area contributed by atoms with Gasteiger partial charge in [-0.05, 0) is 44.9 Å². The highest BCUT2D eigenvalue weighted by molar-refractivity contribution is 7.89. The van der Waals surface area contributed by atoms with Crippen molar-refractivity contribution in [3.63, 3.8) is 0 Å². The lowest BCUT2D eigenvalue weighted by molar-refractivity contribution is -0.130. The maximum atomic E-state index is 12.9. The topological polar surface area (TPSA) is 110 Å². The highest BCUT2D eigenvalue weighted by atomic mass is 32.2. The van der Waals surface area contributed by atoms with Crippen LogP contribution in [0.2, 0.25) is 0 Å². The van der Waals surface area contributed by atoms with E-state index in [4.69, 9.17) is 0 Å². The molecule has 2 heterocycles. The molecule has 0 radical (unpaired) electrons. The number of fused-ring (bicyclic) bond motifs is 1. The molecular weight excluding hydrogens is 384 g/mol. The van der Waals surface area contributed by atoms with Crippen molar-refractivity contribution in [2.45, 2.75) is 44.2 Å². The third kappa shape index (κ3) is 3.74. The molecule has 2 aromatic rings. The van der Waals surface area contributed by atoms with E-state index < -0.39 is 21.3 Å². The Labute approximate surface area is 162 Å². The predicted octanol–water partition coefficient (Wildman–Crippen LogP) is 0.00930. The van der Waals surface area contributed by atoms with E-state index in [0.717, 1.165) is 17.4 Å². The molecule has 0 bridgehead atoms. The number of hydrogen-bond donors (Lipinski definition) is 1. The highest BCUT2D eigenvalue weighted by Gasteiger charge is 2.22. The zero-order valence-corrected chi connectivity index (χ0v) is 17.0. The third-order valence-electron chi connectivity index (χ3n) is 4.78. The van der Waals surface area contributed by atoms with Gasteiger partial charge in [0.15, 0.2) is 0 Å². The van der Waals surface area contributed by atoms with Gasteiger partial charge in [-0.15, -0.1) is 0 Å². The molecule has 10 heteroatoms. The molecule has 0 saturated carbocycles. The summed E-state index contributed by atoms with van der Waals surface area (Å²) in [5.41, 5.74) is -0.975. The molecule has 152 valence electrons. The molecule has 1 N–H and O–H groups in total. The number of aromatic nitrogens is 2. The first-order valence-corrected chi connectivity index (χ1v) is 10.6. The van der Waals surface area contributed by atoms with Crippen molar-refractivity contribution in [1.29, 1.82) is 0 Å². The molecule has 0 atom stereocenters. The molecule has 1 aromatic carbocycles. The predicted molar refractivity (Wildman–Crippen MR) is 105 cm³/mol. The zero-order chi connectivity index (χ0) is 20.6. The average molecular weight is 408 g/mol. The van der Waals surface area contributed by atoms with Gasteiger partial charge >= 0.3 is 5.69 Å². The standard InChI is InChI=1S/C18H24N4O5S/c1-12(2)19-28(26,27)13-6-7-15-14(10-13)17(24)22(18(25)20(15)3)11-16(23)21-8-4-5-9-21/h6-7,10,12,19H,4-5,8-9,11H2,1-3H3. The Hall–Kier alpha value is -2.46. The molecule has 1 amide bonds. The van der Waals surface area contributed by atoms with Crippen LogP contribution in [0, 0.1) is 0 Å². The number of rotatable bonds is 5. The lowest BCUT2D eigenvalue weighted by Gasteiger charge is -2.17. The maximum absolute atomic E-state index is 12.9. The van der Waals surface area contributed by atoms with E-state index >= 15 is 0 Å². The number of aryl methyl sites for hydroxylation is 1. The van der Waals surface area contributed by atoms with Gasteiger partial charge in [-0.2, -0.15) is 0 Å². The van der Waals surface area contributed by atoms with Crippen LogP contribution in [-0.2, 0) is 28.4 Å². The summed E-state index contributed by atoms with van der Waals surface area (Å²) in [6.07, 6.45) is 1.81. The Morgan fingerprint density at radius 3 is 2.43 bits per heavy atom. The van der Waals surface area contributed by atoms with Gasteiger partial charge in [0, 0.05) is 26.2 Å². The molecule has 9 nitrogen and oxygen atoms in total. The van der Waals surface area contributed by atoms with Crippen molar-refractivity contribution in [2.75, 3.05) is 13.1 Å². The molecule has 1 fully saturated rings. The Morgan fingerprint density at radius 1 is 1.18 bits per heavy atom. The molecule has 0 aliphatic carbocycles. The van der Waals surface area contributed by atoms with Crippen LogP contribution >= 0.6 is 0 Å². The second-order valence-corrected chi connectivity index (χ2v) is 8.99. The molecule has 3 rings (SSSR count). The summed E-state index contributed by atoms with van der Waals surface area (Å²) >= 11 is 0. The summed E-state index contributed by atoms with van der Waals surface area (Å²) in [6.45, 7) is 4.26. The number of hydrogen-bond acceptors (Lipinski definition) is 5. The Bertz CT molecular complexity index is 1140. The van der Waals surface area contributed by atoms with Gasteiger partial charge in [0.1, 0.15) is 6.54 Å². The second kappa shape index (κ2) is 7.51. The quantitative estimate of drug-likeness (QED) is 0.749. The number of amides is 1. The smallest absolute Gasteiger partial charge is 0.331 e. The minimum Gasteiger partial charge on any atom is -0.341 e. The van der Waals surface area contributed by atoms with Crippen LogP contribution in [0.1, 0.15) is 26.7 Å². The Kier molecular flexibility index (Phi) is 5.44. The van der Waals surface area contributed by atoms with E-state index in [2.05, 4.69) is 4.72 Å². The Morgan fingerprint density at radius 2 is 1.82 bits per heavy atom. The first-order valence-electron chi connectivity index (χ1n) is 9.15. The van der Waals surface area contributed by atoms with Crippen LogP contribution in [0.15, 0.2) is 32.7 Å². The van der Waals surface area contributed by atoms with Crippen molar-refractivity contribution in [3.8, 4) is 0 Å². The van der Waals surface area contributed by atoms with Crippen LogP contribution in [0.3, 0.4) is 0 Å². The fourth-order valence-corrected chi connectivity index (χ4v) is 4.66. The van der Waals surface area contributed by atoms with E-state index in [1.54, 1.807) is 18.7 Å². The van der Waals surface area contributed by atoms with Crippen LogP contribution in [0.25, 0.3) is 10.9 Å². The zero-order valence-electron chi connectivity index (χ0n) is 16.1. The van der Waals surface area contributed by atoms with Crippen molar-refractivity contribution in [3.05, 3.63) is 39.0 Å². The van der Waals surface area contributed by atoms with Crippen LogP contribution in [-0.4, -0.2) is 47.5 Å². The van der Waals surface area contributed by atoms with Gasteiger partial charge in [-0.3, -0.25) is 18.7 Å². The summed E-state index contributed by atoms with van der Waals surface area (Å²) < 4.78 is 29.5. The maximum Gasteiger partial charge on any atom is 0.331 e. The number of carbonyl (C=O) groups excluding carboxylic acids is 1. The van der Waals surface area contributed by atoms with Gasteiger partial charge < -0.3 is 4.90 Å². The van der Waals surface area contributed by atoms with Crippen molar-refractivity contribution in [2.24, 2.45) is 7.05 Å². The van der Waals surface area contributed by atoms with Crippen LogP contribution in [0.4, 0.5) is 0 Å². The second-order valence-electron chi connectivity index (χ2n) is 7.28. The van der Waals surface area contributed by atoms with Gasteiger partial charge in [0.25, 0.3) is 5.56 Å². The summed E-state index contributed by atoms with van der Waals surface area (Å²) in [6, 6.07) is 3.72. The average Bonchev–Trinajstić information content (AvgIpc) is 3.16. The first-order chi connectivity index (χ1) is 13.1.